The summed E-state index contributed by atoms with van der Waals surface area (Å²) in [4.78, 5) is 1.57. The van der Waals surface area contributed by atoms with Gasteiger partial charge in [0.2, 0.25) is 0 Å². The van der Waals surface area contributed by atoms with Crippen LogP contribution in [0.2, 0.25) is 0 Å². The van der Waals surface area contributed by atoms with Crippen molar-refractivity contribution in [3.8, 4) is 5.75 Å². The second-order valence-corrected chi connectivity index (χ2v) is 6.76. The van der Waals surface area contributed by atoms with Crippen molar-refractivity contribution in [3.63, 3.8) is 0 Å². The summed E-state index contributed by atoms with van der Waals surface area (Å²) in [6.45, 7) is 3.12. The number of anilines is 1. The number of quaternary nitrogens is 1. The number of benzene rings is 1. The Balaban J connectivity index is 1.59. The molecule has 6 heteroatoms. The van der Waals surface area contributed by atoms with Crippen molar-refractivity contribution in [1.29, 1.82) is 0 Å². The summed E-state index contributed by atoms with van der Waals surface area (Å²) in [7, 11) is 1.66. The molecule has 1 aliphatic rings. The number of nitrogens with one attached hydrogen (secondary N) is 3. The van der Waals surface area contributed by atoms with Gasteiger partial charge in [0.05, 0.1) is 33.0 Å². The Morgan fingerprint density at radius 1 is 1.24 bits per heavy atom. The van der Waals surface area contributed by atoms with E-state index in [9.17, 15) is 0 Å². The van der Waals surface area contributed by atoms with Crippen LogP contribution in [0.1, 0.15) is 31.1 Å². The van der Waals surface area contributed by atoms with Crippen LogP contribution in [0.3, 0.4) is 0 Å². The third-order valence-corrected chi connectivity index (χ3v) is 4.92. The molecule has 2 aromatic rings. The Labute approximate surface area is 154 Å². The number of ether oxygens (including phenoxy) is 1. The molecule has 0 radical (unpaired) electrons. The lowest BCUT2D eigenvalue weighted by atomic mass is 10.1. The second kappa shape index (κ2) is 8.87. The molecular formula is C19H26N3O2S+. The van der Waals surface area contributed by atoms with E-state index in [1.807, 2.05) is 30.3 Å². The molecule has 2 heterocycles. The molecule has 1 aromatic carbocycles. The van der Waals surface area contributed by atoms with Crippen molar-refractivity contribution in [2.24, 2.45) is 0 Å². The molecule has 1 aromatic heterocycles. The molecule has 0 saturated carbocycles. The molecule has 1 aliphatic heterocycles. The van der Waals surface area contributed by atoms with Crippen molar-refractivity contribution in [2.75, 3.05) is 32.1 Å². The van der Waals surface area contributed by atoms with E-state index in [0.29, 0.717) is 5.11 Å². The highest BCUT2D eigenvalue weighted by Gasteiger charge is 2.28. The monoisotopic (exact) mass is 360 g/mol. The smallest absolute Gasteiger partial charge is 0.171 e. The summed E-state index contributed by atoms with van der Waals surface area (Å²) >= 11 is 5.46. The lowest BCUT2D eigenvalue weighted by Gasteiger charge is -2.30. The molecule has 0 amide bonds. The Kier molecular flexibility index (Phi) is 6.30. The highest BCUT2D eigenvalue weighted by molar-refractivity contribution is 7.80. The summed E-state index contributed by atoms with van der Waals surface area (Å²) in [6, 6.07) is 12.0. The summed E-state index contributed by atoms with van der Waals surface area (Å²) < 4.78 is 10.9. The molecule has 3 N–H and O–H groups in total. The maximum Gasteiger partial charge on any atom is 0.171 e. The van der Waals surface area contributed by atoms with E-state index in [1.54, 1.807) is 18.3 Å². The summed E-state index contributed by atoms with van der Waals surface area (Å²) in [6.07, 6.45) is 5.63. The maximum absolute atomic E-state index is 5.69. The van der Waals surface area contributed by atoms with Crippen LogP contribution in [0.15, 0.2) is 47.1 Å². The van der Waals surface area contributed by atoms with Gasteiger partial charge in [-0.2, -0.15) is 0 Å². The minimum absolute atomic E-state index is 0.278. The van der Waals surface area contributed by atoms with Gasteiger partial charge in [-0.3, -0.25) is 0 Å². The number of furan rings is 1. The van der Waals surface area contributed by atoms with Gasteiger partial charge in [-0.25, -0.2) is 0 Å². The second-order valence-electron chi connectivity index (χ2n) is 6.35. The Morgan fingerprint density at radius 2 is 2.08 bits per heavy atom. The zero-order valence-corrected chi connectivity index (χ0v) is 15.4. The minimum Gasteiger partial charge on any atom is -0.497 e. The molecule has 1 saturated heterocycles. The first kappa shape index (κ1) is 17.8. The van der Waals surface area contributed by atoms with Crippen LogP contribution >= 0.6 is 12.2 Å². The number of rotatable bonds is 6. The highest BCUT2D eigenvalue weighted by atomic mass is 32.1. The van der Waals surface area contributed by atoms with E-state index in [-0.39, 0.29) is 6.04 Å². The molecule has 0 spiro atoms. The maximum atomic E-state index is 5.69. The van der Waals surface area contributed by atoms with Crippen LogP contribution < -0.4 is 20.3 Å². The number of piperidine rings is 1. The van der Waals surface area contributed by atoms with Gasteiger partial charge in [0.25, 0.3) is 0 Å². The predicted octanol–water partition coefficient (Wildman–Crippen LogP) is 2.38. The van der Waals surface area contributed by atoms with Crippen molar-refractivity contribution >= 4 is 23.0 Å². The van der Waals surface area contributed by atoms with E-state index in [2.05, 4.69) is 16.7 Å². The number of likely N-dealkylation sites (tertiary alicyclic amines) is 1. The number of hydrogen-bond donors (Lipinski definition) is 3. The zero-order valence-electron chi connectivity index (χ0n) is 14.6. The molecule has 25 heavy (non-hydrogen) atoms. The molecule has 3 rings (SSSR count). The van der Waals surface area contributed by atoms with Crippen LogP contribution in [0.4, 0.5) is 5.69 Å². The van der Waals surface area contributed by atoms with Gasteiger partial charge < -0.3 is 24.7 Å². The molecule has 0 unspecified atom stereocenters. The van der Waals surface area contributed by atoms with Gasteiger partial charge >= 0.3 is 0 Å². The van der Waals surface area contributed by atoms with Gasteiger partial charge in [-0.1, -0.05) is 6.07 Å². The fraction of sp³-hybridized carbons (Fsp3) is 0.421. The van der Waals surface area contributed by atoms with Gasteiger partial charge in [0.15, 0.2) is 16.9 Å². The molecule has 134 valence electrons. The average molecular weight is 361 g/mol. The largest absolute Gasteiger partial charge is 0.497 e. The summed E-state index contributed by atoms with van der Waals surface area (Å²) in [5.74, 6) is 1.83. The predicted molar refractivity (Wildman–Crippen MR) is 103 cm³/mol. The fourth-order valence-electron chi connectivity index (χ4n) is 3.36. The number of methoxy groups -OCH3 is 1. The third kappa shape index (κ3) is 4.96. The van der Waals surface area contributed by atoms with Gasteiger partial charge in [0.1, 0.15) is 5.75 Å². The summed E-state index contributed by atoms with van der Waals surface area (Å²) in [5.41, 5.74) is 0.914. The topological polar surface area (TPSA) is 50.9 Å². The summed E-state index contributed by atoms with van der Waals surface area (Å²) in [5, 5.41) is 7.19. The molecule has 5 nitrogen and oxygen atoms in total. The van der Waals surface area contributed by atoms with Crippen molar-refractivity contribution < 1.29 is 14.1 Å². The first-order chi connectivity index (χ1) is 12.3. The van der Waals surface area contributed by atoms with E-state index < -0.39 is 0 Å². The van der Waals surface area contributed by atoms with Crippen LogP contribution in [-0.4, -0.2) is 31.9 Å². The third-order valence-electron chi connectivity index (χ3n) is 4.67. The molecule has 1 atom stereocenters. The van der Waals surface area contributed by atoms with Crippen LogP contribution in [0.25, 0.3) is 0 Å². The van der Waals surface area contributed by atoms with E-state index in [1.165, 1.54) is 32.4 Å². The SMILES string of the molecule is COc1cccc(NC(=S)NC[C@@H](c2ccco2)[NH+]2CCCCC2)c1. The van der Waals surface area contributed by atoms with Gasteiger partial charge in [0, 0.05) is 11.8 Å². The quantitative estimate of drug-likeness (QED) is 0.691. The van der Waals surface area contributed by atoms with E-state index in [4.69, 9.17) is 21.4 Å². The Bertz CT molecular complexity index is 669. The standard InChI is InChI=1S/C19H25N3O2S/c1-23-16-8-5-7-15(13-16)21-19(25)20-14-17(18-9-6-12-24-18)22-10-3-2-4-11-22/h5-9,12-13,17H,2-4,10-11,14H2,1H3,(H2,20,21,25)/p+1/t17-/m0/s1. The van der Waals surface area contributed by atoms with E-state index in [0.717, 1.165) is 23.7 Å². The molecule has 1 fully saturated rings. The van der Waals surface area contributed by atoms with Crippen molar-refractivity contribution in [2.45, 2.75) is 25.3 Å². The van der Waals surface area contributed by atoms with Gasteiger partial charge in [-0.15, -0.1) is 0 Å². The zero-order chi connectivity index (χ0) is 17.5. The first-order valence-corrected chi connectivity index (χ1v) is 9.24. The normalized spacial score (nSPS) is 16.2. The lowest BCUT2D eigenvalue weighted by Crippen LogP contribution is -3.13. The number of hydrogen-bond acceptors (Lipinski definition) is 3. The van der Waals surface area contributed by atoms with Gasteiger partial charge in [-0.05, 0) is 55.7 Å². The molecule has 0 bridgehead atoms. The van der Waals surface area contributed by atoms with E-state index >= 15 is 0 Å². The van der Waals surface area contributed by atoms with Crippen LogP contribution in [0, 0.1) is 0 Å². The highest BCUT2D eigenvalue weighted by Crippen LogP contribution is 2.16. The average Bonchev–Trinajstić information content (AvgIpc) is 3.17. The minimum atomic E-state index is 0.278. The van der Waals surface area contributed by atoms with Crippen LogP contribution in [-0.2, 0) is 0 Å². The molecule has 0 aliphatic carbocycles. The molecular weight excluding hydrogens is 334 g/mol. The van der Waals surface area contributed by atoms with Crippen LogP contribution in [0.5, 0.6) is 5.75 Å². The fourth-order valence-corrected chi connectivity index (χ4v) is 3.56. The Hall–Kier alpha value is -2.05. The Morgan fingerprint density at radius 3 is 2.80 bits per heavy atom. The lowest BCUT2D eigenvalue weighted by molar-refractivity contribution is -0.936. The van der Waals surface area contributed by atoms with Crippen molar-refractivity contribution in [3.05, 3.63) is 48.4 Å². The van der Waals surface area contributed by atoms with Crippen molar-refractivity contribution in [1.82, 2.24) is 5.32 Å². The number of thiocarbonyl (C=S) groups is 1. The first-order valence-electron chi connectivity index (χ1n) is 8.83.